The molecule has 0 bridgehead atoms. The molecule has 5 rings (SSSR count). The van der Waals surface area contributed by atoms with Crippen LogP contribution in [0.4, 0.5) is 11.4 Å². The van der Waals surface area contributed by atoms with E-state index in [4.69, 9.17) is 5.73 Å². The van der Waals surface area contributed by atoms with Crippen molar-refractivity contribution in [1.82, 2.24) is 15.6 Å². The van der Waals surface area contributed by atoms with E-state index in [0.717, 1.165) is 54.9 Å². The summed E-state index contributed by atoms with van der Waals surface area (Å²) in [6.07, 6.45) is 1.95. The fourth-order valence-electron chi connectivity index (χ4n) is 4.40. The molecule has 1 aliphatic heterocycles. The van der Waals surface area contributed by atoms with Gasteiger partial charge in [0.2, 0.25) is 0 Å². The molecule has 0 atom stereocenters. The number of nitrogens with one attached hydrogen (secondary N) is 2. The Kier molecular flexibility index (Phi) is 5.08. The first-order valence-corrected chi connectivity index (χ1v) is 11.4. The van der Waals surface area contributed by atoms with E-state index in [-0.39, 0.29) is 11.9 Å². The van der Waals surface area contributed by atoms with Crippen molar-refractivity contribution in [1.29, 1.82) is 0 Å². The fraction of sp³-hybridized carbons (Fsp3) is 0.391. The molecule has 1 saturated carbocycles. The zero-order valence-corrected chi connectivity index (χ0v) is 18.0. The summed E-state index contributed by atoms with van der Waals surface area (Å²) in [5.74, 6) is 0.433. The van der Waals surface area contributed by atoms with Crippen LogP contribution in [0.15, 0.2) is 36.4 Å². The number of thiophene rings is 1. The van der Waals surface area contributed by atoms with Crippen molar-refractivity contribution >= 4 is 38.8 Å². The quantitative estimate of drug-likeness (QED) is 0.602. The maximum atomic E-state index is 12.8. The molecule has 4 N–H and O–H groups in total. The van der Waals surface area contributed by atoms with E-state index >= 15 is 0 Å². The summed E-state index contributed by atoms with van der Waals surface area (Å²) in [5.41, 5.74) is 10.4. The van der Waals surface area contributed by atoms with Gasteiger partial charge in [-0.2, -0.15) is 0 Å². The van der Waals surface area contributed by atoms with E-state index in [1.807, 2.05) is 19.1 Å². The predicted octanol–water partition coefficient (Wildman–Crippen LogP) is 3.27. The number of nitrogens with two attached hydrogens (primary N) is 1. The lowest BCUT2D eigenvalue weighted by Crippen LogP contribution is -2.44. The highest BCUT2D eigenvalue weighted by atomic mass is 32.1. The first kappa shape index (κ1) is 19.3. The Labute approximate surface area is 180 Å². The van der Waals surface area contributed by atoms with Crippen LogP contribution in [-0.4, -0.2) is 43.1 Å². The summed E-state index contributed by atoms with van der Waals surface area (Å²) in [6.45, 7) is 6.16. The lowest BCUT2D eigenvalue weighted by Gasteiger charge is -2.36. The Balaban J connectivity index is 1.19. The van der Waals surface area contributed by atoms with Crippen LogP contribution in [0.2, 0.25) is 0 Å². The van der Waals surface area contributed by atoms with Crippen LogP contribution in [0.5, 0.6) is 0 Å². The van der Waals surface area contributed by atoms with Crippen molar-refractivity contribution in [2.75, 3.05) is 36.8 Å². The number of rotatable bonds is 4. The third kappa shape index (κ3) is 3.63. The van der Waals surface area contributed by atoms with Gasteiger partial charge in [0.25, 0.3) is 5.91 Å². The van der Waals surface area contributed by atoms with E-state index in [1.165, 1.54) is 22.6 Å². The molecule has 0 radical (unpaired) electrons. The van der Waals surface area contributed by atoms with Gasteiger partial charge in [-0.15, -0.1) is 11.3 Å². The second-order valence-electron chi connectivity index (χ2n) is 8.32. The standard InChI is InChI=1S/C23H27N5OS/c1-14-2-7-19-20(24)21(30-23(19)26-14)22(29)27-17-12-16(13-17)15-3-5-18(6-4-15)28-10-8-25-9-11-28/h2-7,16-17,25H,8-13,24H2,1H3,(H,27,29). The Morgan fingerprint density at radius 3 is 2.63 bits per heavy atom. The van der Waals surface area contributed by atoms with Gasteiger partial charge >= 0.3 is 0 Å². The number of aromatic nitrogens is 1. The summed E-state index contributed by atoms with van der Waals surface area (Å²) in [4.78, 5) is 21.1. The van der Waals surface area contributed by atoms with Crippen LogP contribution in [0.1, 0.15) is 39.7 Å². The average molecular weight is 422 g/mol. The van der Waals surface area contributed by atoms with E-state index < -0.39 is 0 Å². The molecule has 2 aromatic heterocycles. The van der Waals surface area contributed by atoms with Gasteiger partial charge in [0.05, 0.1) is 5.69 Å². The van der Waals surface area contributed by atoms with Gasteiger partial charge in [-0.1, -0.05) is 12.1 Å². The number of carbonyl (C=O) groups is 1. The van der Waals surface area contributed by atoms with Crippen LogP contribution in [-0.2, 0) is 0 Å². The molecule has 3 heterocycles. The molecule has 7 heteroatoms. The summed E-state index contributed by atoms with van der Waals surface area (Å²) in [5, 5.41) is 7.42. The lowest BCUT2D eigenvalue weighted by atomic mass is 9.76. The minimum Gasteiger partial charge on any atom is -0.397 e. The van der Waals surface area contributed by atoms with Crippen molar-refractivity contribution < 1.29 is 4.79 Å². The number of carbonyl (C=O) groups excluding carboxylic acids is 1. The van der Waals surface area contributed by atoms with Gasteiger partial charge in [0, 0.05) is 49.0 Å². The number of nitrogen functional groups attached to an aromatic ring is 1. The molecule has 0 spiro atoms. The van der Waals surface area contributed by atoms with Gasteiger partial charge in [0.1, 0.15) is 9.71 Å². The highest BCUT2D eigenvalue weighted by Gasteiger charge is 2.32. The number of hydrogen-bond acceptors (Lipinski definition) is 6. The molecule has 1 aliphatic carbocycles. The summed E-state index contributed by atoms with van der Waals surface area (Å²) < 4.78 is 0. The van der Waals surface area contributed by atoms with Crippen molar-refractivity contribution in [3.8, 4) is 0 Å². The van der Waals surface area contributed by atoms with Crippen molar-refractivity contribution in [3.05, 3.63) is 52.5 Å². The normalized spacial score (nSPS) is 21.4. The number of fused-ring (bicyclic) bond motifs is 1. The number of amides is 1. The third-order valence-electron chi connectivity index (χ3n) is 6.26. The second-order valence-corrected chi connectivity index (χ2v) is 9.32. The van der Waals surface area contributed by atoms with Crippen LogP contribution in [0, 0.1) is 6.92 Å². The van der Waals surface area contributed by atoms with Crippen LogP contribution in [0.25, 0.3) is 10.2 Å². The lowest BCUT2D eigenvalue weighted by molar-refractivity contribution is 0.0914. The highest BCUT2D eigenvalue weighted by Crippen LogP contribution is 2.38. The zero-order valence-electron chi connectivity index (χ0n) is 17.1. The molecule has 0 unspecified atom stereocenters. The fourth-order valence-corrected chi connectivity index (χ4v) is 5.44. The summed E-state index contributed by atoms with van der Waals surface area (Å²) in [6, 6.07) is 13.0. The monoisotopic (exact) mass is 421 g/mol. The predicted molar refractivity (Wildman–Crippen MR) is 124 cm³/mol. The van der Waals surface area contributed by atoms with Gasteiger partial charge in [0.15, 0.2) is 0 Å². The van der Waals surface area contributed by atoms with Crippen LogP contribution < -0.4 is 21.3 Å². The summed E-state index contributed by atoms with van der Waals surface area (Å²) in [7, 11) is 0. The molecule has 6 nitrogen and oxygen atoms in total. The maximum Gasteiger partial charge on any atom is 0.263 e. The number of nitrogens with zero attached hydrogens (tertiary/aromatic N) is 2. The van der Waals surface area contributed by atoms with E-state index in [0.29, 0.717) is 16.5 Å². The van der Waals surface area contributed by atoms with Crippen molar-refractivity contribution in [2.24, 2.45) is 0 Å². The number of piperazine rings is 1. The van der Waals surface area contributed by atoms with Gasteiger partial charge in [-0.3, -0.25) is 4.79 Å². The Morgan fingerprint density at radius 2 is 1.90 bits per heavy atom. The number of benzene rings is 1. The largest absolute Gasteiger partial charge is 0.397 e. The zero-order chi connectivity index (χ0) is 20.7. The molecular weight excluding hydrogens is 394 g/mol. The van der Waals surface area contributed by atoms with Crippen LogP contribution >= 0.6 is 11.3 Å². The number of anilines is 2. The highest BCUT2D eigenvalue weighted by molar-refractivity contribution is 7.21. The molecule has 30 heavy (non-hydrogen) atoms. The molecule has 1 aromatic carbocycles. The van der Waals surface area contributed by atoms with E-state index in [1.54, 1.807) is 0 Å². The van der Waals surface area contributed by atoms with E-state index in [9.17, 15) is 4.79 Å². The molecule has 1 amide bonds. The number of pyridine rings is 1. The van der Waals surface area contributed by atoms with Crippen molar-refractivity contribution in [2.45, 2.75) is 31.7 Å². The number of hydrogen-bond donors (Lipinski definition) is 3. The first-order valence-electron chi connectivity index (χ1n) is 10.6. The van der Waals surface area contributed by atoms with Gasteiger partial charge in [-0.05, 0) is 55.5 Å². The average Bonchev–Trinajstić information content (AvgIpc) is 3.07. The van der Waals surface area contributed by atoms with Crippen LogP contribution in [0.3, 0.4) is 0 Å². The molecule has 2 aliphatic rings. The van der Waals surface area contributed by atoms with Gasteiger partial charge < -0.3 is 21.3 Å². The Bertz CT molecular complexity index is 1070. The minimum atomic E-state index is -0.0781. The molecule has 2 fully saturated rings. The van der Waals surface area contributed by atoms with Gasteiger partial charge in [-0.25, -0.2) is 4.98 Å². The smallest absolute Gasteiger partial charge is 0.263 e. The van der Waals surface area contributed by atoms with Crippen molar-refractivity contribution in [3.63, 3.8) is 0 Å². The maximum absolute atomic E-state index is 12.8. The molecule has 1 saturated heterocycles. The molecular formula is C23H27N5OS. The Morgan fingerprint density at radius 1 is 1.17 bits per heavy atom. The third-order valence-corrected chi connectivity index (χ3v) is 7.37. The Hall–Kier alpha value is -2.64. The summed E-state index contributed by atoms with van der Waals surface area (Å²) >= 11 is 1.38. The molecule has 156 valence electrons. The molecule has 3 aromatic rings. The first-order chi connectivity index (χ1) is 14.6. The van der Waals surface area contributed by atoms with E-state index in [2.05, 4.69) is 44.8 Å². The SMILES string of the molecule is Cc1ccc2c(N)c(C(=O)NC3CC(c4ccc(N5CCNCC5)cc4)C3)sc2n1. The minimum absolute atomic E-state index is 0.0781. The topological polar surface area (TPSA) is 83.3 Å². The second kappa shape index (κ2) is 7.89. The number of aryl methyl sites for hydroxylation is 1.